The molecule has 0 radical (unpaired) electrons. The third-order valence-electron chi connectivity index (χ3n) is 5.01. The van der Waals surface area contributed by atoms with Crippen LogP contribution in [0.5, 0.6) is 5.75 Å². The average molecular weight is 394 g/mol. The molecule has 1 saturated heterocycles. The molecular weight excluding hydrogens is 366 g/mol. The highest BCUT2D eigenvalue weighted by molar-refractivity contribution is 6.32. The maximum atomic E-state index is 12.2. The predicted molar refractivity (Wildman–Crippen MR) is 105 cm³/mol. The third-order valence-corrected chi connectivity index (χ3v) is 5.31. The van der Waals surface area contributed by atoms with Crippen molar-refractivity contribution in [1.82, 2.24) is 15.1 Å². The van der Waals surface area contributed by atoms with E-state index >= 15 is 0 Å². The van der Waals surface area contributed by atoms with Crippen molar-refractivity contribution >= 4 is 23.4 Å². The summed E-state index contributed by atoms with van der Waals surface area (Å²) in [5.74, 6) is 1.02. The summed E-state index contributed by atoms with van der Waals surface area (Å²) in [5.41, 5.74) is 0.524. The van der Waals surface area contributed by atoms with Crippen molar-refractivity contribution in [3.8, 4) is 5.75 Å². The number of halogens is 1. The highest BCUT2D eigenvalue weighted by Crippen LogP contribution is 2.33. The van der Waals surface area contributed by atoms with Gasteiger partial charge in [0.15, 0.2) is 0 Å². The Morgan fingerprint density at radius 3 is 2.52 bits per heavy atom. The Bertz CT molecular complexity index is 683. The van der Waals surface area contributed by atoms with Crippen LogP contribution in [0, 0.1) is 5.92 Å². The second-order valence-electron chi connectivity index (χ2n) is 7.62. The smallest absolute Gasteiger partial charge is 0.251 e. The lowest BCUT2D eigenvalue weighted by Gasteiger charge is -2.32. The molecule has 148 valence electrons. The summed E-state index contributed by atoms with van der Waals surface area (Å²) in [7, 11) is 3.92. The number of rotatable bonds is 7. The molecule has 0 atom stereocenters. The van der Waals surface area contributed by atoms with Gasteiger partial charge in [-0.1, -0.05) is 11.6 Å². The fourth-order valence-corrected chi connectivity index (χ4v) is 3.42. The molecule has 1 heterocycles. The van der Waals surface area contributed by atoms with E-state index in [1.54, 1.807) is 18.2 Å². The van der Waals surface area contributed by atoms with Crippen molar-refractivity contribution in [1.29, 1.82) is 0 Å². The number of hydrogen-bond donors (Lipinski definition) is 1. The van der Waals surface area contributed by atoms with E-state index in [0.717, 1.165) is 45.3 Å². The van der Waals surface area contributed by atoms with E-state index in [9.17, 15) is 9.59 Å². The topological polar surface area (TPSA) is 61.9 Å². The molecule has 0 spiro atoms. The van der Waals surface area contributed by atoms with Crippen LogP contribution < -0.4 is 10.1 Å². The van der Waals surface area contributed by atoms with E-state index in [2.05, 4.69) is 5.32 Å². The summed E-state index contributed by atoms with van der Waals surface area (Å²) in [5, 5.41) is 3.31. The summed E-state index contributed by atoms with van der Waals surface area (Å²) in [6.07, 6.45) is 3.74. The quantitative estimate of drug-likeness (QED) is 0.772. The van der Waals surface area contributed by atoms with E-state index in [-0.39, 0.29) is 17.9 Å². The van der Waals surface area contributed by atoms with Gasteiger partial charge in [-0.15, -0.1) is 0 Å². The van der Waals surface area contributed by atoms with E-state index < -0.39 is 0 Å². The van der Waals surface area contributed by atoms with Gasteiger partial charge in [-0.2, -0.15) is 0 Å². The van der Waals surface area contributed by atoms with Gasteiger partial charge in [-0.25, -0.2) is 0 Å². The molecule has 0 aromatic heterocycles. The van der Waals surface area contributed by atoms with Gasteiger partial charge in [0.2, 0.25) is 5.91 Å². The Hall–Kier alpha value is -1.79. The minimum Gasteiger partial charge on any atom is -0.489 e. The first kappa shape index (κ1) is 20.0. The van der Waals surface area contributed by atoms with Crippen LogP contribution in [0.15, 0.2) is 18.2 Å². The number of likely N-dealkylation sites (tertiary alicyclic amines) is 1. The van der Waals surface area contributed by atoms with Gasteiger partial charge in [-0.3, -0.25) is 9.59 Å². The number of carbonyl (C=O) groups is 2. The van der Waals surface area contributed by atoms with Crippen LogP contribution in [0.25, 0.3) is 0 Å². The van der Waals surface area contributed by atoms with Crippen molar-refractivity contribution in [2.24, 2.45) is 5.92 Å². The lowest BCUT2D eigenvalue weighted by molar-refractivity contribution is -0.134. The summed E-state index contributed by atoms with van der Waals surface area (Å²) in [4.78, 5) is 28.3. The van der Waals surface area contributed by atoms with Crippen LogP contribution in [0.4, 0.5) is 0 Å². The zero-order valence-corrected chi connectivity index (χ0v) is 16.8. The van der Waals surface area contributed by atoms with Gasteiger partial charge in [0.1, 0.15) is 11.9 Å². The van der Waals surface area contributed by atoms with Crippen molar-refractivity contribution in [2.45, 2.75) is 31.8 Å². The van der Waals surface area contributed by atoms with Gasteiger partial charge in [0.05, 0.1) is 5.02 Å². The molecule has 1 N–H and O–H groups in total. The Labute approximate surface area is 165 Å². The zero-order valence-electron chi connectivity index (χ0n) is 16.0. The van der Waals surface area contributed by atoms with Crippen LogP contribution >= 0.6 is 11.6 Å². The molecule has 2 fully saturated rings. The Kier molecular flexibility index (Phi) is 6.60. The van der Waals surface area contributed by atoms with Crippen LogP contribution in [0.3, 0.4) is 0 Å². The lowest BCUT2D eigenvalue weighted by atomic mass is 10.1. The number of amides is 2. The molecule has 0 unspecified atom stereocenters. The second-order valence-corrected chi connectivity index (χ2v) is 8.03. The average Bonchev–Trinajstić information content (AvgIpc) is 3.48. The van der Waals surface area contributed by atoms with E-state index in [1.165, 1.54) is 0 Å². The van der Waals surface area contributed by atoms with Gasteiger partial charge < -0.3 is 19.9 Å². The monoisotopic (exact) mass is 393 g/mol. The highest BCUT2D eigenvalue weighted by atomic mass is 35.5. The summed E-state index contributed by atoms with van der Waals surface area (Å²) < 4.78 is 6.03. The van der Waals surface area contributed by atoms with Gasteiger partial charge in [0, 0.05) is 50.5 Å². The first-order valence-electron chi connectivity index (χ1n) is 9.62. The first-order chi connectivity index (χ1) is 12.9. The Morgan fingerprint density at radius 1 is 1.22 bits per heavy atom. The molecule has 3 rings (SSSR count). The number of nitrogens with zero attached hydrogens (tertiary/aromatic N) is 2. The largest absolute Gasteiger partial charge is 0.489 e. The minimum atomic E-state index is -0.141. The minimum absolute atomic E-state index is 0.0468. The molecule has 27 heavy (non-hydrogen) atoms. The molecule has 1 aromatic carbocycles. The SMILES string of the molecule is CN(C)CCNC(=O)c1ccc(OC2CCN(C(=O)C3CC3)CC2)c(Cl)c1. The van der Waals surface area contributed by atoms with Crippen molar-refractivity contribution in [3.05, 3.63) is 28.8 Å². The fourth-order valence-electron chi connectivity index (χ4n) is 3.19. The molecule has 1 aromatic rings. The molecule has 0 bridgehead atoms. The van der Waals surface area contributed by atoms with E-state index in [0.29, 0.717) is 28.8 Å². The van der Waals surface area contributed by atoms with Crippen LogP contribution in [-0.4, -0.2) is 68.0 Å². The second kappa shape index (κ2) is 8.93. The summed E-state index contributed by atoms with van der Waals surface area (Å²) >= 11 is 6.33. The van der Waals surface area contributed by atoms with Crippen molar-refractivity contribution in [2.75, 3.05) is 40.3 Å². The summed E-state index contributed by atoms with van der Waals surface area (Å²) in [6, 6.07) is 5.14. The molecule has 1 saturated carbocycles. The number of piperidine rings is 1. The molecule has 2 aliphatic rings. The van der Waals surface area contributed by atoms with Crippen LogP contribution in [0.1, 0.15) is 36.0 Å². The standard InChI is InChI=1S/C20H28ClN3O3/c1-23(2)12-9-22-19(25)15-5-6-18(17(21)13-15)27-16-7-10-24(11-8-16)20(26)14-3-4-14/h5-6,13-14,16H,3-4,7-12H2,1-2H3,(H,22,25). The molecule has 2 amide bonds. The fraction of sp³-hybridized carbons (Fsp3) is 0.600. The summed E-state index contributed by atoms with van der Waals surface area (Å²) in [6.45, 7) is 2.84. The van der Waals surface area contributed by atoms with Crippen LogP contribution in [-0.2, 0) is 4.79 Å². The maximum absolute atomic E-state index is 12.2. The van der Waals surface area contributed by atoms with E-state index in [4.69, 9.17) is 16.3 Å². The normalized spacial score (nSPS) is 17.9. The Balaban J connectivity index is 1.49. The maximum Gasteiger partial charge on any atom is 0.251 e. The molecule has 7 heteroatoms. The Morgan fingerprint density at radius 2 is 1.93 bits per heavy atom. The molecule has 6 nitrogen and oxygen atoms in total. The van der Waals surface area contributed by atoms with Gasteiger partial charge >= 0.3 is 0 Å². The van der Waals surface area contributed by atoms with Crippen LogP contribution in [0.2, 0.25) is 5.02 Å². The zero-order chi connectivity index (χ0) is 19.4. The number of ether oxygens (including phenoxy) is 1. The molecular formula is C20H28ClN3O3. The number of nitrogens with one attached hydrogen (secondary N) is 1. The van der Waals surface area contributed by atoms with Gasteiger partial charge in [-0.05, 0) is 45.1 Å². The molecule has 1 aliphatic carbocycles. The lowest BCUT2D eigenvalue weighted by Crippen LogP contribution is -2.42. The van der Waals surface area contributed by atoms with Gasteiger partial charge in [0.25, 0.3) is 5.91 Å². The highest BCUT2D eigenvalue weighted by Gasteiger charge is 2.35. The molecule has 1 aliphatic heterocycles. The number of likely N-dealkylation sites (N-methyl/N-ethyl adjacent to an activating group) is 1. The number of carbonyl (C=O) groups excluding carboxylic acids is 2. The van der Waals surface area contributed by atoms with Crippen molar-refractivity contribution in [3.63, 3.8) is 0 Å². The predicted octanol–water partition coefficient (Wildman–Crippen LogP) is 2.41. The number of benzene rings is 1. The third kappa shape index (κ3) is 5.59. The van der Waals surface area contributed by atoms with E-state index in [1.807, 2.05) is 23.9 Å². The first-order valence-corrected chi connectivity index (χ1v) is 9.99. The van der Waals surface area contributed by atoms with Crippen molar-refractivity contribution < 1.29 is 14.3 Å². The number of hydrogen-bond acceptors (Lipinski definition) is 4.